The second kappa shape index (κ2) is 6.99. The molecule has 0 saturated heterocycles. The molecule has 0 radical (unpaired) electrons. The molecule has 0 fully saturated rings. The summed E-state index contributed by atoms with van der Waals surface area (Å²) < 4.78 is 5.51. The lowest BCUT2D eigenvalue weighted by molar-refractivity contribution is 0.0692. The van der Waals surface area contributed by atoms with Gasteiger partial charge in [-0.2, -0.15) is 0 Å². The number of rotatable bonds is 6. The molecule has 2 aromatic carbocycles. The maximum Gasteiger partial charge on any atom is 0.339 e. The van der Waals surface area contributed by atoms with Crippen LogP contribution in [0.1, 0.15) is 15.9 Å². The van der Waals surface area contributed by atoms with Gasteiger partial charge in [0.15, 0.2) is 0 Å². The van der Waals surface area contributed by atoms with Crippen molar-refractivity contribution in [1.82, 2.24) is 0 Å². The van der Waals surface area contributed by atoms with Crippen LogP contribution in [0.5, 0.6) is 5.75 Å². The molecule has 0 aliphatic heterocycles. The molecule has 0 aromatic heterocycles. The standard InChI is InChI=1S/C16H16ClNO3/c1-11-13(17)6-4-7-14(11)18-9-10-21-15-8-3-2-5-12(15)16(19)20/h2-8,18H,9-10H2,1H3,(H,19,20). The van der Waals surface area contributed by atoms with Crippen LogP contribution in [0.15, 0.2) is 42.5 Å². The Kier molecular flexibility index (Phi) is 5.06. The minimum absolute atomic E-state index is 0.163. The van der Waals surface area contributed by atoms with Crippen LogP contribution in [0.2, 0.25) is 5.02 Å². The van der Waals surface area contributed by atoms with Gasteiger partial charge in [0.1, 0.15) is 17.9 Å². The van der Waals surface area contributed by atoms with Crippen LogP contribution in [-0.2, 0) is 0 Å². The van der Waals surface area contributed by atoms with Gasteiger partial charge in [0, 0.05) is 17.3 Å². The van der Waals surface area contributed by atoms with Gasteiger partial charge in [0.25, 0.3) is 0 Å². The smallest absolute Gasteiger partial charge is 0.339 e. The van der Waals surface area contributed by atoms with E-state index < -0.39 is 5.97 Å². The summed E-state index contributed by atoms with van der Waals surface area (Å²) in [5.74, 6) is -0.626. The monoisotopic (exact) mass is 305 g/mol. The lowest BCUT2D eigenvalue weighted by Crippen LogP contribution is -2.13. The Morgan fingerprint density at radius 1 is 1.24 bits per heavy atom. The molecule has 0 heterocycles. The number of aromatic carboxylic acids is 1. The SMILES string of the molecule is Cc1c(Cl)cccc1NCCOc1ccccc1C(=O)O. The number of carboxylic acids is 1. The Bertz CT molecular complexity index is 643. The van der Waals surface area contributed by atoms with Crippen molar-refractivity contribution in [2.45, 2.75) is 6.92 Å². The zero-order valence-electron chi connectivity index (χ0n) is 11.6. The molecule has 2 rings (SSSR count). The summed E-state index contributed by atoms with van der Waals surface area (Å²) in [6.07, 6.45) is 0. The average molecular weight is 306 g/mol. The highest BCUT2D eigenvalue weighted by molar-refractivity contribution is 6.31. The van der Waals surface area contributed by atoms with Crippen molar-refractivity contribution in [3.63, 3.8) is 0 Å². The first-order valence-corrected chi connectivity index (χ1v) is 6.91. The van der Waals surface area contributed by atoms with E-state index in [1.807, 2.05) is 25.1 Å². The largest absolute Gasteiger partial charge is 0.491 e. The molecule has 4 nitrogen and oxygen atoms in total. The van der Waals surface area contributed by atoms with E-state index in [4.69, 9.17) is 21.4 Å². The molecule has 110 valence electrons. The number of ether oxygens (including phenoxy) is 1. The average Bonchev–Trinajstić information content (AvgIpc) is 2.48. The van der Waals surface area contributed by atoms with E-state index in [2.05, 4.69) is 5.32 Å². The minimum atomic E-state index is -0.996. The van der Waals surface area contributed by atoms with E-state index in [1.165, 1.54) is 6.07 Å². The van der Waals surface area contributed by atoms with Gasteiger partial charge in [0.2, 0.25) is 0 Å². The number of nitrogens with one attached hydrogen (secondary N) is 1. The molecule has 0 saturated carbocycles. The number of halogens is 1. The molecule has 5 heteroatoms. The number of anilines is 1. The quantitative estimate of drug-likeness (QED) is 0.796. The molecule has 0 spiro atoms. The summed E-state index contributed by atoms with van der Waals surface area (Å²) >= 11 is 6.04. The van der Waals surface area contributed by atoms with Crippen molar-refractivity contribution in [2.75, 3.05) is 18.5 Å². The second-order valence-corrected chi connectivity index (χ2v) is 4.90. The topological polar surface area (TPSA) is 58.6 Å². The first-order chi connectivity index (χ1) is 10.1. The predicted octanol–water partition coefficient (Wildman–Crippen LogP) is 3.84. The van der Waals surface area contributed by atoms with Crippen molar-refractivity contribution < 1.29 is 14.6 Å². The fourth-order valence-electron chi connectivity index (χ4n) is 1.91. The molecule has 0 amide bonds. The van der Waals surface area contributed by atoms with E-state index in [-0.39, 0.29) is 5.56 Å². The summed E-state index contributed by atoms with van der Waals surface area (Å²) in [5.41, 5.74) is 2.08. The summed E-state index contributed by atoms with van der Waals surface area (Å²) in [4.78, 5) is 11.0. The number of para-hydroxylation sites is 1. The zero-order valence-corrected chi connectivity index (χ0v) is 12.4. The zero-order chi connectivity index (χ0) is 15.2. The van der Waals surface area contributed by atoms with Crippen LogP contribution in [-0.4, -0.2) is 24.2 Å². The maximum absolute atomic E-state index is 11.0. The lowest BCUT2D eigenvalue weighted by Gasteiger charge is -2.12. The fraction of sp³-hybridized carbons (Fsp3) is 0.188. The Labute approximate surface area is 128 Å². The summed E-state index contributed by atoms with van der Waals surface area (Å²) in [6, 6.07) is 12.2. The van der Waals surface area contributed by atoms with Crippen molar-refractivity contribution >= 4 is 23.3 Å². The van der Waals surface area contributed by atoms with Crippen molar-refractivity contribution in [3.8, 4) is 5.75 Å². The van der Waals surface area contributed by atoms with Gasteiger partial charge in [-0.3, -0.25) is 0 Å². The molecular formula is C16H16ClNO3. The highest BCUT2D eigenvalue weighted by Crippen LogP contribution is 2.23. The maximum atomic E-state index is 11.0. The Balaban J connectivity index is 1.91. The Morgan fingerprint density at radius 3 is 2.76 bits per heavy atom. The van der Waals surface area contributed by atoms with Crippen LogP contribution < -0.4 is 10.1 Å². The highest BCUT2D eigenvalue weighted by atomic mass is 35.5. The molecule has 0 aliphatic carbocycles. The summed E-state index contributed by atoms with van der Waals surface area (Å²) in [5, 5.41) is 13.0. The number of carbonyl (C=O) groups is 1. The van der Waals surface area contributed by atoms with Crippen molar-refractivity contribution in [3.05, 3.63) is 58.6 Å². The van der Waals surface area contributed by atoms with Crippen LogP contribution >= 0.6 is 11.6 Å². The summed E-state index contributed by atoms with van der Waals surface area (Å²) in [7, 11) is 0. The number of hydrogen-bond acceptors (Lipinski definition) is 3. The van der Waals surface area contributed by atoms with Crippen LogP contribution in [0.25, 0.3) is 0 Å². The molecule has 0 bridgehead atoms. The van der Waals surface area contributed by atoms with Crippen LogP contribution in [0.4, 0.5) is 5.69 Å². The van der Waals surface area contributed by atoms with Crippen LogP contribution in [0, 0.1) is 6.92 Å². The molecular weight excluding hydrogens is 290 g/mol. The van der Waals surface area contributed by atoms with E-state index in [0.29, 0.717) is 23.9 Å². The first kappa shape index (κ1) is 15.2. The van der Waals surface area contributed by atoms with Gasteiger partial charge in [0.05, 0.1) is 0 Å². The predicted molar refractivity (Wildman–Crippen MR) is 83.6 cm³/mol. The fourth-order valence-corrected chi connectivity index (χ4v) is 2.09. The molecule has 0 atom stereocenters. The minimum Gasteiger partial charge on any atom is -0.491 e. The van der Waals surface area contributed by atoms with Crippen molar-refractivity contribution in [2.24, 2.45) is 0 Å². The van der Waals surface area contributed by atoms with Gasteiger partial charge in [-0.25, -0.2) is 4.79 Å². The van der Waals surface area contributed by atoms with Gasteiger partial charge >= 0.3 is 5.97 Å². The highest BCUT2D eigenvalue weighted by Gasteiger charge is 2.09. The van der Waals surface area contributed by atoms with E-state index in [9.17, 15) is 4.79 Å². The van der Waals surface area contributed by atoms with E-state index >= 15 is 0 Å². The molecule has 2 N–H and O–H groups in total. The van der Waals surface area contributed by atoms with Crippen LogP contribution in [0.3, 0.4) is 0 Å². The third kappa shape index (κ3) is 3.89. The molecule has 2 aromatic rings. The van der Waals surface area contributed by atoms with Gasteiger partial charge in [-0.15, -0.1) is 0 Å². The number of carboxylic acid groups (broad SMARTS) is 1. The summed E-state index contributed by atoms with van der Waals surface area (Å²) in [6.45, 7) is 2.84. The van der Waals surface area contributed by atoms with Gasteiger partial charge in [-0.05, 0) is 36.8 Å². The third-order valence-corrected chi connectivity index (χ3v) is 3.47. The van der Waals surface area contributed by atoms with Gasteiger partial charge in [-0.1, -0.05) is 29.8 Å². The third-order valence-electron chi connectivity index (χ3n) is 3.06. The first-order valence-electron chi connectivity index (χ1n) is 6.53. The Morgan fingerprint density at radius 2 is 2.00 bits per heavy atom. The van der Waals surface area contributed by atoms with Gasteiger partial charge < -0.3 is 15.2 Å². The normalized spacial score (nSPS) is 10.2. The molecule has 0 aliphatic rings. The second-order valence-electron chi connectivity index (χ2n) is 4.49. The van der Waals surface area contributed by atoms with E-state index in [1.54, 1.807) is 18.2 Å². The number of hydrogen-bond donors (Lipinski definition) is 2. The lowest BCUT2D eigenvalue weighted by atomic mass is 10.2. The van der Waals surface area contributed by atoms with E-state index in [0.717, 1.165) is 11.3 Å². The van der Waals surface area contributed by atoms with Crippen molar-refractivity contribution in [1.29, 1.82) is 0 Å². The number of benzene rings is 2. The molecule has 0 unspecified atom stereocenters. The Hall–Kier alpha value is -2.20. The molecule has 21 heavy (non-hydrogen) atoms.